The summed E-state index contributed by atoms with van der Waals surface area (Å²) in [5.41, 5.74) is 0.710. The number of rotatable bonds is 6. The van der Waals surface area contributed by atoms with E-state index in [1.54, 1.807) is 10.6 Å². The molecule has 0 spiro atoms. The number of benzene rings is 1. The molecule has 0 bridgehead atoms. The van der Waals surface area contributed by atoms with Gasteiger partial charge in [0, 0.05) is 38.9 Å². The maximum absolute atomic E-state index is 12.0. The van der Waals surface area contributed by atoms with Crippen LogP contribution >= 0.6 is 43.2 Å². The Labute approximate surface area is 172 Å². The van der Waals surface area contributed by atoms with Crippen molar-refractivity contribution in [3.8, 4) is 0 Å². The molecule has 1 amide bonds. The molecule has 0 radical (unpaired) electrons. The van der Waals surface area contributed by atoms with Gasteiger partial charge in [-0.15, -0.1) is 11.3 Å². The molecule has 140 valence electrons. The van der Waals surface area contributed by atoms with Gasteiger partial charge in [0.1, 0.15) is 0 Å². The van der Waals surface area contributed by atoms with Crippen molar-refractivity contribution in [3.05, 3.63) is 54.7 Å². The maximum Gasteiger partial charge on any atom is 0.312 e. The highest BCUT2D eigenvalue weighted by molar-refractivity contribution is 9.11. The number of halogens is 2. The van der Waals surface area contributed by atoms with E-state index < -0.39 is 23.4 Å². The lowest BCUT2D eigenvalue weighted by Crippen LogP contribution is -2.22. The highest BCUT2D eigenvalue weighted by Crippen LogP contribution is 2.35. The summed E-state index contributed by atoms with van der Waals surface area (Å²) >= 11 is 7.78. The molecule has 2 heterocycles. The molecule has 0 aliphatic rings. The second-order valence-corrected chi connectivity index (χ2v) is 7.83. The number of amides is 1. The fourth-order valence-electron chi connectivity index (χ4n) is 2.17. The average molecular weight is 518 g/mol. The van der Waals surface area contributed by atoms with Crippen LogP contribution in [0.2, 0.25) is 0 Å². The molecule has 0 aliphatic carbocycles. The van der Waals surface area contributed by atoms with Gasteiger partial charge in [0.15, 0.2) is 11.6 Å². The first kappa shape index (κ1) is 19.5. The van der Waals surface area contributed by atoms with Crippen LogP contribution in [0, 0.1) is 10.1 Å². The van der Waals surface area contributed by atoms with Gasteiger partial charge in [-0.3, -0.25) is 24.1 Å². The first-order valence-electron chi connectivity index (χ1n) is 7.33. The van der Waals surface area contributed by atoms with Crippen LogP contribution in [-0.4, -0.2) is 32.8 Å². The van der Waals surface area contributed by atoms with Gasteiger partial charge < -0.3 is 10.1 Å². The van der Waals surface area contributed by atoms with Crippen molar-refractivity contribution in [2.75, 3.05) is 11.9 Å². The lowest BCUT2D eigenvalue weighted by atomic mass is 10.3. The standard InChI is InChI=1S/C15H10Br2N4O5S/c16-10-4-9(21(24)25)5-11(17)14(10)19-12(22)7-26-13(23)3-8-6-20-1-2-27-15(20)18-8/h1-2,4-6H,3,7H2,(H,19,22). The minimum Gasteiger partial charge on any atom is -0.455 e. The van der Waals surface area contributed by atoms with Crippen LogP contribution in [0.15, 0.2) is 38.9 Å². The Hall–Kier alpha value is -2.31. The van der Waals surface area contributed by atoms with Gasteiger partial charge in [-0.05, 0) is 31.9 Å². The predicted molar refractivity (Wildman–Crippen MR) is 105 cm³/mol. The van der Waals surface area contributed by atoms with Crippen LogP contribution in [0.25, 0.3) is 4.96 Å². The third-order valence-electron chi connectivity index (χ3n) is 3.33. The van der Waals surface area contributed by atoms with Gasteiger partial charge in [0.05, 0.1) is 22.7 Å². The fourth-order valence-corrected chi connectivity index (χ4v) is 4.25. The van der Waals surface area contributed by atoms with E-state index in [1.165, 1.54) is 23.5 Å². The Morgan fingerprint density at radius 3 is 2.67 bits per heavy atom. The number of hydrogen-bond acceptors (Lipinski definition) is 7. The summed E-state index contributed by atoms with van der Waals surface area (Å²) in [5, 5.41) is 15.2. The Balaban J connectivity index is 1.55. The number of nitro benzene ring substituents is 1. The molecule has 9 nitrogen and oxygen atoms in total. The molecule has 0 saturated carbocycles. The third kappa shape index (κ3) is 4.70. The fraction of sp³-hybridized carbons (Fsp3) is 0.133. The Morgan fingerprint density at radius 1 is 1.33 bits per heavy atom. The van der Waals surface area contributed by atoms with Gasteiger partial charge in [-0.25, -0.2) is 4.98 Å². The van der Waals surface area contributed by atoms with Crippen LogP contribution in [0.4, 0.5) is 11.4 Å². The number of anilines is 1. The monoisotopic (exact) mass is 516 g/mol. The zero-order chi connectivity index (χ0) is 19.6. The van der Waals surface area contributed by atoms with Crippen molar-refractivity contribution in [1.82, 2.24) is 9.38 Å². The zero-order valence-corrected chi connectivity index (χ0v) is 17.3. The van der Waals surface area contributed by atoms with Crippen molar-refractivity contribution in [2.24, 2.45) is 0 Å². The molecule has 0 aliphatic heterocycles. The minimum atomic E-state index is -0.585. The number of imidazole rings is 1. The number of esters is 1. The number of carbonyl (C=O) groups excluding carboxylic acids is 2. The molecule has 3 aromatic rings. The number of nitro groups is 1. The molecule has 0 saturated heterocycles. The van der Waals surface area contributed by atoms with Crippen molar-refractivity contribution in [2.45, 2.75) is 6.42 Å². The summed E-state index contributed by atoms with van der Waals surface area (Å²) in [5.74, 6) is -1.16. The van der Waals surface area contributed by atoms with Crippen molar-refractivity contribution in [1.29, 1.82) is 0 Å². The SMILES string of the molecule is O=C(COC(=O)Cc1cn2ccsc2n1)Nc1c(Br)cc([N+](=O)[O-])cc1Br. The molecular formula is C15H10Br2N4O5S. The highest BCUT2D eigenvalue weighted by Gasteiger charge is 2.17. The van der Waals surface area contributed by atoms with E-state index in [0.29, 0.717) is 20.3 Å². The van der Waals surface area contributed by atoms with Crippen molar-refractivity contribution in [3.63, 3.8) is 0 Å². The number of thiazole rings is 1. The Morgan fingerprint density at radius 2 is 2.04 bits per heavy atom. The third-order valence-corrected chi connectivity index (χ3v) is 5.36. The molecule has 2 aromatic heterocycles. The number of aromatic nitrogens is 2. The number of hydrogen-bond donors (Lipinski definition) is 1. The molecular weight excluding hydrogens is 508 g/mol. The number of ether oxygens (including phenoxy) is 1. The summed E-state index contributed by atoms with van der Waals surface area (Å²) in [4.78, 5) is 39.2. The highest BCUT2D eigenvalue weighted by atomic mass is 79.9. The second-order valence-electron chi connectivity index (χ2n) is 5.25. The maximum atomic E-state index is 12.0. The lowest BCUT2D eigenvalue weighted by molar-refractivity contribution is -0.385. The predicted octanol–water partition coefficient (Wildman–Crippen LogP) is 3.55. The van der Waals surface area contributed by atoms with Crippen molar-refractivity contribution < 1.29 is 19.2 Å². The minimum absolute atomic E-state index is 0.0490. The topological polar surface area (TPSA) is 116 Å². The number of nitrogens with zero attached hydrogens (tertiary/aromatic N) is 3. The van der Waals surface area contributed by atoms with Gasteiger partial charge in [0.2, 0.25) is 0 Å². The van der Waals surface area contributed by atoms with Gasteiger partial charge in [0.25, 0.3) is 11.6 Å². The summed E-state index contributed by atoms with van der Waals surface area (Å²) < 4.78 is 7.40. The first-order chi connectivity index (χ1) is 12.8. The Kier molecular flexibility index (Phi) is 5.87. The summed E-state index contributed by atoms with van der Waals surface area (Å²) in [6.45, 7) is -0.489. The van der Waals surface area contributed by atoms with E-state index in [1.807, 2.05) is 11.6 Å². The molecule has 0 unspecified atom stereocenters. The zero-order valence-electron chi connectivity index (χ0n) is 13.3. The van der Waals surface area contributed by atoms with E-state index >= 15 is 0 Å². The second kappa shape index (κ2) is 8.15. The van der Waals surface area contributed by atoms with Crippen LogP contribution < -0.4 is 5.32 Å². The summed E-state index contributed by atoms with van der Waals surface area (Å²) in [7, 11) is 0. The van der Waals surface area contributed by atoms with Crippen LogP contribution in [-0.2, 0) is 20.7 Å². The number of non-ortho nitro benzene ring substituents is 1. The summed E-state index contributed by atoms with van der Waals surface area (Å²) in [6.07, 6.45) is 3.50. The smallest absolute Gasteiger partial charge is 0.312 e. The molecule has 0 fully saturated rings. The van der Waals surface area contributed by atoms with Gasteiger partial charge >= 0.3 is 5.97 Å². The van der Waals surface area contributed by atoms with Crippen LogP contribution in [0.5, 0.6) is 0 Å². The van der Waals surface area contributed by atoms with E-state index in [0.717, 1.165) is 4.96 Å². The van der Waals surface area contributed by atoms with Crippen molar-refractivity contribution >= 4 is 71.4 Å². The van der Waals surface area contributed by atoms with E-state index in [-0.39, 0.29) is 12.1 Å². The molecule has 0 atom stereocenters. The quantitative estimate of drug-likeness (QED) is 0.303. The molecule has 27 heavy (non-hydrogen) atoms. The van der Waals surface area contributed by atoms with Crippen LogP contribution in [0.3, 0.4) is 0 Å². The Bertz CT molecular complexity index is 996. The summed E-state index contributed by atoms with van der Waals surface area (Å²) in [6, 6.07) is 2.52. The first-order valence-corrected chi connectivity index (χ1v) is 9.80. The lowest BCUT2D eigenvalue weighted by Gasteiger charge is -2.10. The number of fused-ring (bicyclic) bond motifs is 1. The van der Waals surface area contributed by atoms with E-state index in [4.69, 9.17) is 4.74 Å². The number of carbonyl (C=O) groups is 2. The van der Waals surface area contributed by atoms with Gasteiger partial charge in [-0.1, -0.05) is 0 Å². The molecule has 3 rings (SSSR count). The van der Waals surface area contributed by atoms with Gasteiger partial charge in [-0.2, -0.15) is 0 Å². The largest absolute Gasteiger partial charge is 0.455 e. The molecule has 12 heteroatoms. The average Bonchev–Trinajstić information content (AvgIpc) is 3.17. The van der Waals surface area contributed by atoms with E-state index in [2.05, 4.69) is 42.2 Å². The molecule has 1 N–H and O–H groups in total. The number of nitrogens with one attached hydrogen (secondary N) is 1. The van der Waals surface area contributed by atoms with E-state index in [9.17, 15) is 19.7 Å². The normalized spacial score (nSPS) is 10.7. The molecule has 1 aromatic carbocycles. The van der Waals surface area contributed by atoms with Crippen LogP contribution in [0.1, 0.15) is 5.69 Å².